The Kier molecular flexibility index (Phi) is 3.83. The van der Waals surface area contributed by atoms with Gasteiger partial charge in [-0.05, 0) is 37.9 Å². The van der Waals surface area contributed by atoms with Crippen LogP contribution in [0.15, 0.2) is 17.4 Å². The van der Waals surface area contributed by atoms with Gasteiger partial charge in [-0.3, -0.25) is 4.79 Å². The SMILES string of the molecule is CSc1cc(N2C3CCC2CC(CC(=O)O)C3)ncn1. The molecular weight excluding hydrogens is 274 g/mol. The minimum atomic E-state index is -0.672. The highest BCUT2D eigenvalue weighted by molar-refractivity contribution is 7.98. The highest BCUT2D eigenvalue weighted by atomic mass is 32.2. The van der Waals surface area contributed by atoms with Gasteiger partial charge < -0.3 is 10.0 Å². The number of anilines is 1. The van der Waals surface area contributed by atoms with Crippen LogP contribution < -0.4 is 4.90 Å². The van der Waals surface area contributed by atoms with Crippen LogP contribution in [0.4, 0.5) is 5.82 Å². The van der Waals surface area contributed by atoms with Crippen molar-refractivity contribution in [3.8, 4) is 0 Å². The Bertz CT molecular complexity index is 497. The lowest BCUT2D eigenvalue weighted by Crippen LogP contribution is -2.43. The maximum absolute atomic E-state index is 10.9. The lowest BCUT2D eigenvalue weighted by Gasteiger charge is -2.39. The summed E-state index contributed by atoms with van der Waals surface area (Å²) in [7, 11) is 0. The molecule has 3 rings (SSSR count). The van der Waals surface area contributed by atoms with Crippen LogP contribution in [0.2, 0.25) is 0 Å². The molecule has 0 saturated carbocycles. The molecule has 3 heterocycles. The van der Waals surface area contributed by atoms with Crippen molar-refractivity contribution in [2.24, 2.45) is 5.92 Å². The maximum Gasteiger partial charge on any atom is 0.303 e. The van der Waals surface area contributed by atoms with E-state index in [-0.39, 0.29) is 0 Å². The van der Waals surface area contributed by atoms with Crippen molar-refractivity contribution in [3.05, 3.63) is 12.4 Å². The highest BCUT2D eigenvalue weighted by Gasteiger charge is 2.41. The lowest BCUT2D eigenvalue weighted by molar-refractivity contribution is -0.138. The van der Waals surface area contributed by atoms with E-state index in [1.807, 2.05) is 12.3 Å². The van der Waals surface area contributed by atoms with Crippen LogP contribution in [-0.2, 0) is 4.79 Å². The van der Waals surface area contributed by atoms with Crippen molar-refractivity contribution in [3.63, 3.8) is 0 Å². The van der Waals surface area contributed by atoms with Crippen LogP contribution in [-0.4, -0.2) is 39.4 Å². The summed E-state index contributed by atoms with van der Waals surface area (Å²) in [5.41, 5.74) is 0. The number of carbonyl (C=O) groups is 1. The largest absolute Gasteiger partial charge is 0.481 e. The molecule has 6 heteroatoms. The van der Waals surface area contributed by atoms with Crippen LogP contribution in [0.3, 0.4) is 0 Å². The van der Waals surface area contributed by atoms with Gasteiger partial charge in [-0.15, -0.1) is 11.8 Å². The first-order valence-corrected chi connectivity index (χ1v) is 8.26. The number of nitrogens with zero attached hydrogens (tertiary/aromatic N) is 3. The van der Waals surface area contributed by atoms with E-state index in [9.17, 15) is 4.79 Å². The Balaban J connectivity index is 1.78. The van der Waals surface area contributed by atoms with Crippen LogP contribution >= 0.6 is 11.8 Å². The first-order valence-electron chi connectivity index (χ1n) is 7.03. The Hall–Kier alpha value is -1.30. The first kappa shape index (κ1) is 13.7. The Morgan fingerprint density at radius 1 is 1.40 bits per heavy atom. The molecule has 2 aliphatic rings. The number of hydrogen-bond donors (Lipinski definition) is 1. The Morgan fingerprint density at radius 3 is 2.70 bits per heavy atom. The molecule has 1 N–H and O–H groups in total. The van der Waals surface area contributed by atoms with E-state index >= 15 is 0 Å². The van der Waals surface area contributed by atoms with Gasteiger partial charge in [0.05, 0.1) is 0 Å². The van der Waals surface area contributed by atoms with Crippen LogP contribution in [0.25, 0.3) is 0 Å². The summed E-state index contributed by atoms with van der Waals surface area (Å²) >= 11 is 1.62. The molecule has 108 valence electrons. The summed E-state index contributed by atoms with van der Waals surface area (Å²) in [6.45, 7) is 0. The Morgan fingerprint density at radius 2 is 2.10 bits per heavy atom. The average molecular weight is 293 g/mol. The van der Waals surface area contributed by atoms with Gasteiger partial charge in [0.2, 0.25) is 0 Å². The summed E-state index contributed by atoms with van der Waals surface area (Å²) in [6.07, 6.45) is 8.20. The molecule has 1 aromatic rings. The van der Waals surface area contributed by atoms with Gasteiger partial charge in [0.15, 0.2) is 0 Å². The fourth-order valence-electron chi connectivity index (χ4n) is 3.66. The number of carboxylic acid groups (broad SMARTS) is 1. The van der Waals surface area contributed by atoms with Crippen LogP contribution in [0.5, 0.6) is 0 Å². The van der Waals surface area contributed by atoms with E-state index < -0.39 is 5.97 Å². The topological polar surface area (TPSA) is 66.3 Å². The van der Waals surface area contributed by atoms with Crippen LogP contribution in [0, 0.1) is 5.92 Å². The smallest absolute Gasteiger partial charge is 0.303 e. The summed E-state index contributed by atoms with van der Waals surface area (Å²) in [5, 5.41) is 9.96. The molecule has 0 radical (unpaired) electrons. The Labute approximate surface area is 122 Å². The molecule has 0 spiro atoms. The summed E-state index contributed by atoms with van der Waals surface area (Å²) in [6, 6.07) is 2.94. The third kappa shape index (κ3) is 2.61. The molecule has 2 saturated heterocycles. The quantitative estimate of drug-likeness (QED) is 0.679. The third-order valence-electron chi connectivity index (χ3n) is 4.40. The monoisotopic (exact) mass is 293 g/mol. The fourth-order valence-corrected chi connectivity index (χ4v) is 4.04. The second kappa shape index (κ2) is 5.60. The molecule has 0 aliphatic carbocycles. The fraction of sp³-hybridized carbons (Fsp3) is 0.643. The molecule has 2 fully saturated rings. The van der Waals surface area contributed by atoms with Gasteiger partial charge in [0.1, 0.15) is 17.2 Å². The average Bonchev–Trinajstić information content (AvgIpc) is 2.70. The molecule has 2 aliphatic heterocycles. The zero-order valence-corrected chi connectivity index (χ0v) is 12.3. The lowest BCUT2D eigenvalue weighted by atomic mass is 9.88. The van der Waals surface area contributed by atoms with Gasteiger partial charge in [0.25, 0.3) is 0 Å². The molecule has 0 aromatic carbocycles. The number of thioether (sulfide) groups is 1. The normalized spacial score (nSPS) is 28.6. The van der Waals surface area contributed by atoms with Gasteiger partial charge in [-0.1, -0.05) is 0 Å². The van der Waals surface area contributed by atoms with E-state index in [1.54, 1.807) is 18.1 Å². The zero-order valence-electron chi connectivity index (χ0n) is 11.5. The van der Waals surface area contributed by atoms with Crippen molar-refractivity contribution in [1.29, 1.82) is 0 Å². The van der Waals surface area contributed by atoms with Gasteiger partial charge in [-0.25, -0.2) is 9.97 Å². The number of fused-ring (bicyclic) bond motifs is 2. The van der Waals surface area contributed by atoms with E-state index in [4.69, 9.17) is 5.11 Å². The van der Waals surface area contributed by atoms with Crippen molar-refractivity contribution >= 4 is 23.5 Å². The van der Waals surface area contributed by atoms with Crippen molar-refractivity contribution in [2.75, 3.05) is 11.2 Å². The van der Waals surface area contributed by atoms with E-state index in [0.717, 1.165) is 36.5 Å². The summed E-state index contributed by atoms with van der Waals surface area (Å²) in [5.74, 6) is 0.656. The maximum atomic E-state index is 10.9. The number of aliphatic carboxylic acids is 1. The number of aromatic nitrogens is 2. The molecule has 2 atom stereocenters. The zero-order chi connectivity index (χ0) is 14.1. The minimum Gasteiger partial charge on any atom is -0.481 e. The van der Waals surface area contributed by atoms with Crippen molar-refractivity contribution in [2.45, 2.75) is 49.2 Å². The second-order valence-electron chi connectivity index (χ2n) is 5.65. The van der Waals surface area contributed by atoms with Gasteiger partial charge in [0, 0.05) is 24.6 Å². The number of piperidine rings is 1. The van der Waals surface area contributed by atoms with Crippen molar-refractivity contribution < 1.29 is 9.90 Å². The molecule has 2 unspecified atom stereocenters. The molecule has 0 amide bonds. The second-order valence-corrected chi connectivity index (χ2v) is 6.47. The summed E-state index contributed by atoms with van der Waals surface area (Å²) < 4.78 is 0. The molecular formula is C14H19N3O2S. The summed E-state index contributed by atoms with van der Waals surface area (Å²) in [4.78, 5) is 21.9. The van der Waals surface area contributed by atoms with E-state index in [2.05, 4.69) is 14.9 Å². The van der Waals surface area contributed by atoms with Crippen molar-refractivity contribution in [1.82, 2.24) is 9.97 Å². The number of carboxylic acids is 1. The molecule has 1 aromatic heterocycles. The first-order chi connectivity index (χ1) is 9.67. The van der Waals surface area contributed by atoms with E-state index in [1.165, 1.54) is 0 Å². The van der Waals surface area contributed by atoms with Crippen LogP contribution in [0.1, 0.15) is 32.1 Å². The minimum absolute atomic E-state index is 0.306. The van der Waals surface area contributed by atoms with Gasteiger partial charge in [-0.2, -0.15) is 0 Å². The molecule has 5 nitrogen and oxygen atoms in total. The molecule has 2 bridgehead atoms. The number of hydrogen-bond acceptors (Lipinski definition) is 5. The standard InChI is InChI=1S/C14H19N3O2S/c1-20-13-7-12(15-8-16-13)17-10-2-3-11(17)5-9(4-10)6-14(18)19/h7-11H,2-6H2,1H3,(H,18,19). The predicted molar refractivity (Wildman–Crippen MR) is 78.1 cm³/mol. The highest BCUT2D eigenvalue weighted by Crippen LogP contribution is 2.42. The predicted octanol–water partition coefficient (Wildman–Crippen LogP) is 2.42. The van der Waals surface area contributed by atoms with E-state index in [0.29, 0.717) is 24.4 Å². The molecule has 20 heavy (non-hydrogen) atoms. The number of rotatable bonds is 4. The van der Waals surface area contributed by atoms with Gasteiger partial charge >= 0.3 is 5.97 Å². The third-order valence-corrected chi connectivity index (χ3v) is 5.04.